The summed E-state index contributed by atoms with van der Waals surface area (Å²) in [4.78, 5) is 10.6. The summed E-state index contributed by atoms with van der Waals surface area (Å²) in [5, 5.41) is 2.55. The van der Waals surface area contributed by atoms with Gasteiger partial charge in [0.1, 0.15) is 0 Å². The maximum Gasteiger partial charge on any atom is 0.316 e. The molecule has 1 aromatic carbocycles. The lowest BCUT2D eigenvalue weighted by Gasteiger charge is -2.11. The number of carbonyl (C=O) groups excluding carboxylic acids is 1. The number of amides is 2. The third kappa shape index (κ3) is 3.93. The highest BCUT2D eigenvalue weighted by atomic mass is 16.2. The van der Waals surface area contributed by atoms with Crippen LogP contribution in [0.25, 0.3) is 0 Å². The van der Waals surface area contributed by atoms with E-state index in [1.54, 1.807) is 0 Å². The number of hydrogen-bond acceptors (Lipinski definition) is 1. The van der Waals surface area contributed by atoms with Crippen LogP contribution < -0.4 is 11.1 Å². The van der Waals surface area contributed by atoms with Gasteiger partial charge in [-0.25, -0.2) is 4.79 Å². The SMILES string of the molecule is CCCCC(C)c1ccc(NC(N)=O)cc1. The van der Waals surface area contributed by atoms with E-state index in [0.29, 0.717) is 5.92 Å². The number of urea groups is 1. The van der Waals surface area contributed by atoms with E-state index < -0.39 is 6.03 Å². The maximum absolute atomic E-state index is 10.6. The number of primary amides is 1. The van der Waals surface area contributed by atoms with Crippen LogP contribution in [-0.2, 0) is 0 Å². The standard InChI is InChI=1S/C13H20N2O/c1-3-4-5-10(2)11-6-8-12(9-7-11)15-13(14)16/h6-10H,3-5H2,1-2H3,(H3,14,15,16). The van der Waals surface area contributed by atoms with Crippen molar-refractivity contribution in [3.8, 4) is 0 Å². The topological polar surface area (TPSA) is 55.1 Å². The number of unbranched alkanes of at least 4 members (excludes halogenated alkanes) is 1. The van der Waals surface area contributed by atoms with Crippen LogP contribution in [0.4, 0.5) is 10.5 Å². The molecular weight excluding hydrogens is 200 g/mol. The van der Waals surface area contributed by atoms with Gasteiger partial charge in [-0.3, -0.25) is 0 Å². The summed E-state index contributed by atoms with van der Waals surface area (Å²) in [7, 11) is 0. The molecule has 3 nitrogen and oxygen atoms in total. The lowest BCUT2D eigenvalue weighted by atomic mass is 9.95. The van der Waals surface area contributed by atoms with Gasteiger partial charge in [0.15, 0.2) is 0 Å². The van der Waals surface area contributed by atoms with E-state index >= 15 is 0 Å². The molecule has 1 atom stereocenters. The fraction of sp³-hybridized carbons (Fsp3) is 0.462. The molecule has 1 aromatic rings. The Bertz CT molecular complexity index is 332. The van der Waals surface area contributed by atoms with Gasteiger partial charge >= 0.3 is 6.03 Å². The minimum absolute atomic E-state index is 0.521. The first-order valence-corrected chi connectivity index (χ1v) is 5.80. The lowest BCUT2D eigenvalue weighted by Crippen LogP contribution is -2.19. The molecule has 3 N–H and O–H groups in total. The molecule has 2 amide bonds. The average molecular weight is 220 g/mol. The minimum atomic E-state index is -0.521. The summed E-state index contributed by atoms with van der Waals surface area (Å²) in [5.41, 5.74) is 7.10. The zero-order valence-electron chi connectivity index (χ0n) is 9.99. The molecular formula is C13H20N2O. The predicted octanol–water partition coefficient (Wildman–Crippen LogP) is 3.47. The number of nitrogens with two attached hydrogens (primary N) is 1. The Morgan fingerprint density at radius 3 is 2.50 bits per heavy atom. The Morgan fingerprint density at radius 1 is 1.38 bits per heavy atom. The molecule has 16 heavy (non-hydrogen) atoms. The van der Waals surface area contributed by atoms with E-state index in [2.05, 4.69) is 19.2 Å². The molecule has 0 bridgehead atoms. The summed E-state index contributed by atoms with van der Waals surface area (Å²) >= 11 is 0. The Balaban J connectivity index is 2.59. The summed E-state index contributed by atoms with van der Waals surface area (Å²) < 4.78 is 0. The number of nitrogens with one attached hydrogen (secondary N) is 1. The largest absolute Gasteiger partial charge is 0.351 e. The Labute approximate surface area is 97.0 Å². The second-order valence-electron chi connectivity index (χ2n) is 4.15. The monoisotopic (exact) mass is 220 g/mol. The number of anilines is 1. The van der Waals surface area contributed by atoms with Gasteiger partial charge in [0, 0.05) is 5.69 Å². The summed E-state index contributed by atoms with van der Waals surface area (Å²) in [5.74, 6) is 0.572. The molecule has 0 aliphatic heterocycles. The van der Waals surface area contributed by atoms with E-state index in [9.17, 15) is 4.79 Å². The third-order valence-corrected chi connectivity index (χ3v) is 2.74. The van der Waals surface area contributed by atoms with Crippen molar-refractivity contribution in [1.82, 2.24) is 0 Å². The maximum atomic E-state index is 10.6. The first-order valence-electron chi connectivity index (χ1n) is 5.80. The quantitative estimate of drug-likeness (QED) is 0.784. The Kier molecular flexibility index (Phi) is 4.83. The zero-order chi connectivity index (χ0) is 12.0. The first kappa shape index (κ1) is 12.6. The van der Waals surface area contributed by atoms with Gasteiger partial charge in [-0.1, -0.05) is 38.8 Å². The lowest BCUT2D eigenvalue weighted by molar-refractivity contribution is 0.259. The summed E-state index contributed by atoms with van der Waals surface area (Å²) in [6.07, 6.45) is 3.69. The highest BCUT2D eigenvalue weighted by molar-refractivity contribution is 5.87. The van der Waals surface area contributed by atoms with Crippen molar-refractivity contribution in [2.24, 2.45) is 5.73 Å². The molecule has 88 valence electrons. The van der Waals surface area contributed by atoms with Gasteiger partial charge in [0.2, 0.25) is 0 Å². The molecule has 0 aliphatic rings. The van der Waals surface area contributed by atoms with E-state index in [4.69, 9.17) is 5.73 Å². The first-order chi connectivity index (χ1) is 7.63. The van der Waals surface area contributed by atoms with Gasteiger partial charge in [-0.15, -0.1) is 0 Å². The molecule has 1 rings (SSSR count). The fourth-order valence-electron chi connectivity index (χ4n) is 1.71. The van der Waals surface area contributed by atoms with Crippen molar-refractivity contribution < 1.29 is 4.79 Å². The molecule has 0 saturated carbocycles. The predicted molar refractivity (Wildman–Crippen MR) is 67.6 cm³/mol. The molecule has 0 aromatic heterocycles. The second kappa shape index (κ2) is 6.16. The minimum Gasteiger partial charge on any atom is -0.351 e. The number of hydrogen-bond donors (Lipinski definition) is 2. The van der Waals surface area contributed by atoms with Crippen LogP contribution in [-0.4, -0.2) is 6.03 Å². The van der Waals surface area contributed by atoms with Crippen molar-refractivity contribution >= 4 is 11.7 Å². The smallest absolute Gasteiger partial charge is 0.316 e. The Hall–Kier alpha value is -1.51. The highest BCUT2D eigenvalue weighted by Crippen LogP contribution is 2.22. The average Bonchev–Trinajstić information content (AvgIpc) is 2.26. The van der Waals surface area contributed by atoms with Crippen LogP contribution >= 0.6 is 0 Å². The molecule has 0 fully saturated rings. The number of rotatable bonds is 5. The zero-order valence-corrected chi connectivity index (χ0v) is 9.99. The van der Waals surface area contributed by atoms with Crippen molar-refractivity contribution in [2.45, 2.75) is 39.0 Å². The van der Waals surface area contributed by atoms with Gasteiger partial charge in [-0.2, -0.15) is 0 Å². The van der Waals surface area contributed by atoms with Crippen LogP contribution in [0.15, 0.2) is 24.3 Å². The number of benzene rings is 1. The van der Waals surface area contributed by atoms with Crippen LogP contribution in [0.2, 0.25) is 0 Å². The van der Waals surface area contributed by atoms with Gasteiger partial charge in [-0.05, 0) is 30.0 Å². The van der Waals surface area contributed by atoms with E-state index in [-0.39, 0.29) is 0 Å². The molecule has 0 radical (unpaired) electrons. The van der Waals surface area contributed by atoms with Crippen molar-refractivity contribution in [1.29, 1.82) is 0 Å². The van der Waals surface area contributed by atoms with Gasteiger partial charge < -0.3 is 11.1 Å². The third-order valence-electron chi connectivity index (χ3n) is 2.74. The Morgan fingerprint density at radius 2 is 2.00 bits per heavy atom. The van der Waals surface area contributed by atoms with E-state index in [0.717, 1.165) is 5.69 Å². The normalized spacial score (nSPS) is 12.1. The molecule has 0 spiro atoms. The summed E-state index contributed by atoms with van der Waals surface area (Å²) in [6, 6.07) is 7.36. The van der Waals surface area contributed by atoms with Crippen LogP contribution in [0.5, 0.6) is 0 Å². The van der Waals surface area contributed by atoms with Gasteiger partial charge in [0.05, 0.1) is 0 Å². The summed E-state index contributed by atoms with van der Waals surface area (Å²) in [6.45, 7) is 4.43. The van der Waals surface area contributed by atoms with Crippen molar-refractivity contribution in [3.63, 3.8) is 0 Å². The van der Waals surface area contributed by atoms with Crippen LogP contribution in [0.3, 0.4) is 0 Å². The number of carbonyl (C=O) groups is 1. The highest BCUT2D eigenvalue weighted by Gasteiger charge is 2.04. The second-order valence-corrected chi connectivity index (χ2v) is 4.15. The van der Waals surface area contributed by atoms with Crippen LogP contribution in [0, 0.1) is 0 Å². The fourth-order valence-corrected chi connectivity index (χ4v) is 1.71. The van der Waals surface area contributed by atoms with Crippen molar-refractivity contribution in [2.75, 3.05) is 5.32 Å². The molecule has 0 saturated heterocycles. The van der Waals surface area contributed by atoms with Crippen molar-refractivity contribution in [3.05, 3.63) is 29.8 Å². The molecule has 0 heterocycles. The van der Waals surface area contributed by atoms with Gasteiger partial charge in [0.25, 0.3) is 0 Å². The van der Waals surface area contributed by atoms with Crippen LogP contribution in [0.1, 0.15) is 44.6 Å². The molecule has 0 aliphatic carbocycles. The van der Waals surface area contributed by atoms with E-state index in [1.807, 2.05) is 24.3 Å². The van der Waals surface area contributed by atoms with E-state index in [1.165, 1.54) is 24.8 Å². The molecule has 3 heteroatoms. The molecule has 1 unspecified atom stereocenters.